The molecule has 0 aromatic heterocycles. The molecule has 0 bridgehead atoms. The molecular formula is C15H25NO4. The van der Waals surface area contributed by atoms with Gasteiger partial charge in [0.05, 0.1) is 6.10 Å². The lowest BCUT2D eigenvalue weighted by molar-refractivity contribution is -0.183. The molecule has 3 atom stereocenters. The quantitative estimate of drug-likeness (QED) is 0.574. The standard InChI is InChI=1S/C15H25NO4/c1-10(2)15(19,11(3)17)14(18)20-9-12-6-8-16-7-4-5-13(12)16/h6,10-11,13,17,19H,4-5,7-9H2,1-3H3/t11-,13?,15?/m0/s1. The highest BCUT2D eigenvalue weighted by Crippen LogP contribution is 2.29. The van der Waals surface area contributed by atoms with Gasteiger partial charge < -0.3 is 14.9 Å². The monoisotopic (exact) mass is 283 g/mol. The smallest absolute Gasteiger partial charge is 0.341 e. The first kappa shape index (κ1) is 15.5. The van der Waals surface area contributed by atoms with Crippen LogP contribution >= 0.6 is 0 Å². The van der Waals surface area contributed by atoms with Crippen LogP contribution in [0.3, 0.4) is 0 Å². The number of fused-ring (bicyclic) bond motifs is 1. The Bertz CT molecular complexity index is 395. The maximum absolute atomic E-state index is 12.1. The number of hydrogen-bond donors (Lipinski definition) is 2. The van der Waals surface area contributed by atoms with Crippen molar-refractivity contribution in [2.75, 3.05) is 19.7 Å². The molecule has 0 spiro atoms. The zero-order valence-electron chi connectivity index (χ0n) is 12.5. The highest BCUT2D eigenvalue weighted by molar-refractivity contribution is 5.80. The van der Waals surface area contributed by atoms with Gasteiger partial charge in [0.25, 0.3) is 0 Å². The van der Waals surface area contributed by atoms with Crippen molar-refractivity contribution in [1.29, 1.82) is 0 Å². The highest BCUT2D eigenvalue weighted by Gasteiger charge is 2.46. The van der Waals surface area contributed by atoms with Crippen molar-refractivity contribution in [3.05, 3.63) is 11.6 Å². The van der Waals surface area contributed by atoms with Gasteiger partial charge in [-0.25, -0.2) is 4.79 Å². The van der Waals surface area contributed by atoms with Crippen molar-refractivity contribution < 1.29 is 19.7 Å². The van der Waals surface area contributed by atoms with Gasteiger partial charge >= 0.3 is 5.97 Å². The number of rotatable bonds is 5. The fourth-order valence-electron chi connectivity index (χ4n) is 3.14. The molecule has 0 saturated carbocycles. The summed E-state index contributed by atoms with van der Waals surface area (Å²) in [7, 11) is 0. The Morgan fingerprint density at radius 1 is 1.55 bits per heavy atom. The van der Waals surface area contributed by atoms with E-state index in [1.807, 2.05) is 0 Å². The third-order valence-corrected chi connectivity index (χ3v) is 4.59. The topological polar surface area (TPSA) is 70.0 Å². The molecule has 5 nitrogen and oxygen atoms in total. The molecule has 2 aliphatic heterocycles. The van der Waals surface area contributed by atoms with E-state index in [0.29, 0.717) is 6.04 Å². The first-order chi connectivity index (χ1) is 9.37. The van der Waals surface area contributed by atoms with Gasteiger partial charge in [0.2, 0.25) is 0 Å². The van der Waals surface area contributed by atoms with Crippen LogP contribution < -0.4 is 0 Å². The fraction of sp³-hybridized carbons (Fsp3) is 0.800. The summed E-state index contributed by atoms with van der Waals surface area (Å²) in [6.07, 6.45) is 3.23. The second-order valence-corrected chi connectivity index (χ2v) is 6.16. The molecule has 2 aliphatic rings. The van der Waals surface area contributed by atoms with E-state index < -0.39 is 23.6 Å². The Morgan fingerprint density at radius 3 is 2.85 bits per heavy atom. The van der Waals surface area contributed by atoms with E-state index in [-0.39, 0.29) is 6.61 Å². The maximum atomic E-state index is 12.1. The number of carbonyl (C=O) groups is 1. The van der Waals surface area contributed by atoms with Crippen LogP contribution in [0.25, 0.3) is 0 Å². The van der Waals surface area contributed by atoms with Crippen molar-refractivity contribution in [3.8, 4) is 0 Å². The van der Waals surface area contributed by atoms with Crippen molar-refractivity contribution in [3.63, 3.8) is 0 Å². The number of nitrogens with zero attached hydrogens (tertiary/aromatic N) is 1. The first-order valence-electron chi connectivity index (χ1n) is 7.38. The average molecular weight is 283 g/mol. The van der Waals surface area contributed by atoms with Crippen LogP contribution in [0, 0.1) is 5.92 Å². The van der Waals surface area contributed by atoms with E-state index >= 15 is 0 Å². The lowest BCUT2D eigenvalue weighted by atomic mass is 9.85. The molecule has 0 aromatic carbocycles. The third-order valence-electron chi connectivity index (χ3n) is 4.59. The van der Waals surface area contributed by atoms with Crippen LogP contribution in [0.2, 0.25) is 0 Å². The molecule has 0 radical (unpaired) electrons. The summed E-state index contributed by atoms with van der Waals surface area (Å²) >= 11 is 0. The first-order valence-corrected chi connectivity index (χ1v) is 7.38. The van der Waals surface area contributed by atoms with Crippen LogP contribution in [-0.2, 0) is 9.53 Å². The number of esters is 1. The SMILES string of the molecule is CC(C)C(O)(C(=O)OCC1=CCN2CCCC12)[C@H](C)O. The Balaban J connectivity index is 1.95. The molecule has 1 saturated heterocycles. The van der Waals surface area contributed by atoms with Crippen LogP contribution in [0.15, 0.2) is 11.6 Å². The van der Waals surface area contributed by atoms with Gasteiger partial charge in [-0.2, -0.15) is 0 Å². The van der Waals surface area contributed by atoms with Crippen molar-refractivity contribution in [2.45, 2.75) is 51.4 Å². The molecule has 2 heterocycles. The maximum Gasteiger partial charge on any atom is 0.341 e. The van der Waals surface area contributed by atoms with Crippen molar-refractivity contribution >= 4 is 5.97 Å². The van der Waals surface area contributed by atoms with Crippen LogP contribution in [0.4, 0.5) is 0 Å². The molecule has 20 heavy (non-hydrogen) atoms. The Morgan fingerprint density at radius 2 is 2.25 bits per heavy atom. The number of aliphatic hydroxyl groups is 2. The van der Waals surface area contributed by atoms with Crippen LogP contribution in [-0.4, -0.2) is 58.5 Å². The van der Waals surface area contributed by atoms with Crippen LogP contribution in [0.1, 0.15) is 33.6 Å². The van der Waals surface area contributed by atoms with E-state index in [0.717, 1.165) is 25.1 Å². The second-order valence-electron chi connectivity index (χ2n) is 6.16. The summed E-state index contributed by atoms with van der Waals surface area (Å²) in [5, 5.41) is 20.0. The molecule has 1 fully saturated rings. The van der Waals surface area contributed by atoms with Gasteiger partial charge in [0.15, 0.2) is 5.60 Å². The minimum Gasteiger partial charge on any atom is -0.459 e. The second kappa shape index (κ2) is 5.84. The Kier molecular flexibility index (Phi) is 4.52. The van der Waals surface area contributed by atoms with E-state index in [4.69, 9.17) is 4.74 Å². The molecular weight excluding hydrogens is 258 g/mol. The normalized spacial score (nSPS) is 27.1. The van der Waals surface area contributed by atoms with E-state index in [1.54, 1.807) is 13.8 Å². The largest absolute Gasteiger partial charge is 0.459 e. The van der Waals surface area contributed by atoms with Gasteiger partial charge in [-0.1, -0.05) is 19.9 Å². The summed E-state index contributed by atoms with van der Waals surface area (Å²) in [4.78, 5) is 14.5. The summed E-state index contributed by atoms with van der Waals surface area (Å²) < 4.78 is 5.28. The van der Waals surface area contributed by atoms with Gasteiger partial charge in [0.1, 0.15) is 6.61 Å². The van der Waals surface area contributed by atoms with E-state index in [2.05, 4.69) is 11.0 Å². The number of carbonyl (C=O) groups excluding carboxylic acids is 1. The fourth-order valence-corrected chi connectivity index (χ4v) is 3.14. The molecule has 2 rings (SSSR count). The van der Waals surface area contributed by atoms with Gasteiger partial charge in [0, 0.05) is 12.6 Å². The molecule has 0 aliphatic carbocycles. The summed E-state index contributed by atoms with van der Waals surface area (Å²) in [6.45, 7) is 7.03. The Hall–Kier alpha value is -0.910. The van der Waals surface area contributed by atoms with Gasteiger partial charge in [-0.05, 0) is 37.8 Å². The number of aliphatic hydroxyl groups excluding tert-OH is 1. The summed E-state index contributed by atoms with van der Waals surface area (Å²) in [6, 6.07) is 0.390. The highest BCUT2D eigenvalue weighted by atomic mass is 16.6. The van der Waals surface area contributed by atoms with E-state index in [1.165, 1.54) is 13.3 Å². The number of hydrogen-bond acceptors (Lipinski definition) is 5. The zero-order chi connectivity index (χ0) is 14.9. The molecule has 114 valence electrons. The minimum atomic E-state index is -1.84. The van der Waals surface area contributed by atoms with Gasteiger partial charge in [-0.3, -0.25) is 4.90 Å². The third kappa shape index (κ3) is 2.62. The Labute approximate surface area is 120 Å². The summed E-state index contributed by atoms with van der Waals surface area (Å²) in [5.74, 6) is -1.14. The molecule has 0 aromatic rings. The lowest BCUT2D eigenvalue weighted by Crippen LogP contribution is -2.53. The molecule has 2 N–H and O–H groups in total. The van der Waals surface area contributed by atoms with Crippen molar-refractivity contribution in [2.24, 2.45) is 5.92 Å². The molecule has 2 unspecified atom stereocenters. The average Bonchev–Trinajstić information content (AvgIpc) is 2.97. The van der Waals surface area contributed by atoms with Crippen molar-refractivity contribution in [1.82, 2.24) is 4.90 Å². The van der Waals surface area contributed by atoms with Gasteiger partial charge in [-0.15, -0.1) is 0 Å². The summed E-state index contributed by atoms with van der Waals surface area (Å²) in [5.41, 5.74) is -0.721. The number of ether oxygens (including phenoxy) is 1. The molecule has 5 heteroatoms. The predicted octanol–water partition coefficient (Wildman–Crippen LogP) is 0.702. The zero-order valence-corrected chi connectivity index (χ0v) is 12.5. The van der Waals surface area contributed by atoms with E-state index in [9.17, 15) is 15.0 Å². The van der Waals surface area contributed by atoms with Crippen LogP contribution in [0.5, 0.6) is 0 Å². The minimum absolute atomic E-state index is 0.210. The lowest BCUT2D eigenvalue weighted by Gasteiger charge is -2.32. The molecule has 0 amide bonds. The predicted molar refractivity (Wildman–Crippen MR) is 75.1 cm³/mol.